The van der Waals surface area contributed by atoms with Crippen LogP contribution in [-0.4, -0.2) is 35.8 Å². The molecule has 0 aromatic carbocycles. The molecule has 1 fully saturated rings. The van der Waals surface area contributed by atoms with Crippen molar-refractivity contribution >= 4 is 5.95 Å². The summed E-state index contributed by atoms with van der Waals surface area (Å²) in [7, 11) is 1.60. The number of hydrogen-bond donors (Lipinski definition) is 1. The molecule has 0 spiro atoms. The van der Waals surface area contributed by atoms with Crippen LogP contribution in [0.4, 0.5) is 5.95 Å². The minimum absolute atomic E-state index is 0.268. The monoisotopic (exact) mass is 237 g/mol. The van der Waals surface area contributed by atoms with Crippen molar-refractivity contribution in [2.24, 2.45) is 0 Å². The standard InChI is InChI=1S/C12H19N3O2/c1-3-9(10-5-4-8-17-10)14-12-13-7-6-11(15-12)16-2/h6-7,9-10H,3-5,8H2,1-2H3,(H,13,14,15). The molecule has 17 heavy (non-hydrogen) atoms. The first-order valence-electron chi connectivity index (χ1n) is 6.08. The Morgan fingerprint density at radius 1 is 1.65 bits per heavy atom. The van der Waals surface area contributed by atoms with Crippen LogP contribution in [0.15, 0.2) is 12.3 Å². The smallest absolute Gasteiger partial charge is 0.226 e. The van der Waals surface area contributed by atoms with Gasteiger partial charge in [0.1, 0.15) is 0 Å². The second-order valence-corrected chi connectivity index (χ2v) is 4.13. The molecule has 1 aromatic heterocycles. The van der Waals surface area contributed by atoms with Crippen LogP contribution >= 0.6 is 0 Å². The van der Waals surface area contributed by atoms with Crippen LogP contribution in [0.3, 0.4) is 0 Å². The number of anilines is 1. The maximum atomic E-state index is 5.69. The van der Waals surface area contributed by atoms with Crippen LogP contribution in [-0.2, 0) is 4.74 Å². The van der Waals surface area contributed by atoms with Gasteiger partial charge in [0.2, 0.25) is 11.8 Å². The van der Waals surface area contributed by atoms with E-state index in [4.69, 9.17) is 9.47 Å². The summed E-state index contributed by atoms with van der Waals surface area (Å²) < 4.78 is 10.8. The third-order valence-corrected chi connectivity index (χ3v) is 3.01. The third-order valence-electron chi connectivity index (χ3n) is 3.01. The van der Waals surface area contributed by atoms with E-state index >= 15 is 0 Å². The highest BCUT2D eigenvalue weighted by molar-refractivity contribution is 5.29. The molecule has 0 radical (unpaired) electrons. The summed E-state index contributed by atoms with van der Waals surface area (Å²) in [4.78, 5) is 8.44. The van der Waals surface area contributed by atoms with Gasteiger partial charge in [-0.2, -0.15) is 4.98 Å². The van der Waals surface area contributed by atoms with Crippen molar-refractivity contribution in [1.82, 2.24) is 9.97 Å². The number of methoxy groups -OCH3 is 1. The first-order chi connectivity index (χ1) is 8.33. The van der Waals surface area contributed by atoms with Gasteiger partial charge >= 0.3 is 0 Å². The van der Waals surface area contributed by atoms with Crippen molar-refractivity contribution in [2.75, 3.05) is 19.0 Å². The quantitative estimate of drug-likeness (QED) is 0.847. The number of nitrogens with zero attached hydrogens (tertiary/aromatic N) is 2. The fourth-order valence-electron chi connectivity index (χ4n) is 2.07. The van der Waals surface area contributed by atoms with Gasteiger partial charge in [-0.1, -0.05) is 6.92 Å². The number of hydrogen-bond acceptors (Lipinski definition) is 5. The molecule has 0 saturated carbocycles. The van der Waals surface area contributed by atoms with Crippen molar-refractivity contribution in [1.29, 1.82) is 0 Å². The predicted molar refractivity (Wildman–Crippen MR) is 65.3 cm³/mol. The first-order valence-corrected chi connectivity index (χ1v) is 6.08. The summed E-state index contributed by atoms with van der Waals surface area (Å²) in [6, 6.07) is 2.00. The van der Waals surface area contributed by atoms with E-state index in [-0.39, 0.29) is 12.1 Å². The molecule has 94 valence electrons. The Balaban J connectivity index is 2.01. The van der Waals surface area contributed by atoms with Crippen LogP contribution in [0.1, 0.15) is 26.2 Å². The highest BCUT2D eigenvalue weighted by Gasteiger charge is 2.25. The normalized spacial score (nSPS) is 21.2. The summed E-state index contributed by atoms with van der Waals surface area (Å²) >= 11 is 0. The average Bonchev–Trinajstić information content (AvgIpc) is 2.90. The molecule has 2 atom stereocenters. The van der Waals surface area contributed by atoms with Crippen LogP contribution in [0.5, 0.6) is 5.88 Å². The summed E-state index contributed by atoms with van der Waals surface area (Å²) in [5, 5.41) is 3.32. The Bertz CT molecular complexity index is 353. The lowest BCUT2D eigenvalue weighted by Crippen LogP contribution is -2.33. The molecule has 5 heteroatoms. The van der Waals surface area contributed by atoms with Gasteiger partial charge in [0, 0.05) is 18.9 Å². The third kappa shape index (κ3) is 3.06. The lowest BCUT2D eigenvalue weighted by molar-refractivity contribution is 0.0941. The van der Waals surface area contributed by atoms with Gasteiger partial charge in [-0.15, -0.1) is 0 Å². The van der Waals surface area contributed by atoms with Crippen LogP contribution < -0.4 is 10.1 Å². The number of nitrogens with one attached hydrogen (secondary N) is 1. The van der Waals surface area contributed by atoms with E-state index in [9.17, 15) is 0 Å². The summed E-state index contributed by atoms with van der Waals surface area (Å²) in [5.41, 5.74) is 0. The van der Waals surface area contributed by atoms with Crippen LogP contribution in [0.25, 0.3) is 0 Å². The van der Waals surface area contributed by atoms with E-state index < -0.39 is 0 Å². The van der Waals surface area contributed by atoms with Gasteiger partial charge in [-0.05, 0) is 19.3 Å². The summed E-state index contributed by atoms with van der Waals surface area (Å²) in [6.45, 7) is 3.00. The zero-order chi connectivity index (χ0) is 12.1. The number of aromatic nitrogens is 2. The van der Waals surface area contributed by atoms with Gasteiger partial charge in [0.25, 0.3) is 0 Å². The van der Waals surface area contributed by atoms with Crippen molar-refractivity contribution < 1.29 is 9.47 Å². The lowest BCUT2D eigenvalue weighted by atomic mass is 10.1. The Morgan fingerprint density at radius 2 is 2.53 bits per heavy atom. The van der Waals surface area contributed by atoms with Gasteiger partial charge in [0.15, 0.2) is 0 Å². The molecule has 0 amide bonds. The lowest BCUT2D eigenvalue weighted by Gasteiger charge is -2.22. The maximum Gasteiger partial charge on any atom is 0.226 e. The van der Waals surface area contributed by atoms with E-state index in [1.807, 2.05) is 0 Å². The summed E-state index contributed by atoms with van der Waals surface area (Å²) in [5.74, 6) is 1.18. The Kier molecular flexibility index (Phi) is 4.14. The fourth-order valence-corrected chi connectivity index (χ4v) is 2.07. The number of ether oxygens (including phenoxy) is 2. The van der Waals surface area contributed by atoms with Gasteiger partial charge in [-0.25, -0.2) is 4.98 Å². The Morgan fingerprint density at radius 3 is 3.18 bits per heavy atom. The van der Waals surface area contributed by atoms with Crippen molar-refractivity contribution in [2.45, 2.75) is 38.3 Å². The van der Waals surface area contributed by atoms with E-state index in [0.29, 0.717) is 11.8 Å². The molecule has 2 rings (SSSR count). The molecule has 1 aromatic rings. The van der Waals surface area contributed by atoms with Gasteiger partial charge < -0.3 is 14.8 Å². The second-order valence-electron chi connectivity index (χ2n) is 4.13. The second kappa shape index (κ2) is 5.82. The first kappa shape index (κ1) is 12.1. The molecule has 2 unspecified atom stereocenters. The molecule has 5 nitrogen and oxygen atoms in total. The minimum atomic E-state index is 0.268. The van der Waals surface area contributed by atoms with E-state index in [1.165, 1.54) is 0 Å². The average molecular weight is 237 g/mol. The maximum absolute atomic E-state index is 5.69. The van der Waals surface area contributed by atoms with Crippen LogP contribution in [0, 0.1) is 0 Å². The van der Waals surface area contributed by atoms with Crippen LogP contribution in [0.2, 0.25) is 0 Å². The van der Waals surface area contributed by atoms with Crippen molar-refractivity contribution in [3.05, 3.63) is 12.3 Å². The molecule has 0 bridgehead atoms. The van der Waals surface area contributed by atoms with Gasteiger partial charge in [0.05, 0.1) is 19.3 Å². The zero-order valence-corrected chi connectivity index (χ0v) is 10.3. The molecule has 1 aliphatic rings. The zero-order valence-electron chi connectivity index (χ0n) is 10.3. The fraction of sp³-hybridized carbons (Fsp3) is 0.667. The van der Waals surface area contributed by atoms with Crippen molar-refractivity contribution in [3.8, 4) is 5.88 Å². The molecule has 1 saturated heterocycles. The molecule has 1 aliphatic heterocycles. The number of rotatable bonds is 5. The topological polar surface area (TPSA) is 56.3 Å². The molecule has 1 N–H and O–H groups in total. The Hall–Kier alpha value is -1.36. The van der Waals surface area contributed by atoms with Crippen molar-refractivity contribution in [3.63, 3.8) is 0 Å². The SMILES string of the molecule is CCC(Nc1nccc(OC)n1)C1CCCO1. The van der Waals surface area contributed by atoms with E-state index in [0.717, 1.165) is 25.9 Å². The molecular weight excluding hydrogens is 218 g/mol. The highest BCUT2D eigenvalue weighted by atomic mass is 16.5. The predicted octanol–water partition coefficient (Wildman–Crippen LogP) is 1.85. The highest BCUT2D eigenvalue weighted by Crippen LogP contribution is 2.20. The molecule has 0 aliphatic carbocycles. The molecular formula is C12H19N3O2. The minimum Gasteiger partial charge on any atom is -0.481 e. The Labute approximate surface area is 102 Å². The largest absolute Gasteiger partial charge is 0.481 e. The van der Waals surface area contributed by atoms with E-state index in [1.54, 1.807) is 19.4 Å². The van der Waals surface area contributed by atoms with Gasteiger partial charge in [-0.3, -0.25) is 0 Å². The summed E-state index contributed by atoms with van der Waals surface area (Å²) in [6.07, 6.45) is 5.20. The molecule has 2 heterocycles. The van der Waals surface area contributed by atoms with E-state index in [2.05, 4.69) is 22.2 Å².